The molecule has 0 bridgehead atoms. The van der Waals surface area contributed by atoms with Crippen molar-refractivity contribution in [2.75, 3.05) is 0 Å². The van der Waals surface area contributed by atoms with Crippen molar-refractivity contribution in [2.24, 2.45) is 0 Å². The molecule has 0 aliphatic carbocycles. The molecule has 1 aromatic heterocycles. The maximum Gasteiger partial charge on any atom is 0.341 e. The van der Waals surface area contributed by atoms with E-state index in [9.17, 15) is 14.7 Å². The molecule has 0 saturated carbocycles. The first-order chi connectivity index (χ1) is 11.5. The summed E-state index contributed by atoms with van der Waals surface area (Å²) in [6.45, 7) is 0. The third kappa shape index (κ3) is 2.94. The molecule has 120 valence electrons. The maximum atomic E-state index is 12.4. The van der Waals surface area contributed by atoms with Crippen LogP contribution in [0.1, 0.15) is 10.4 Å². The number of nitrogens with zero attached hydrogens (tertiary/aromatic N) is 1. The molecule has 1 N–H and O–H groups in total. The minimum absolute atomic E-state index is 0.118. The van der Waals surface area contributed by atoms with Gasteiger partial charge in [-0.2, -0.15) is 0 Å². The number of hydrogen-bond donors (Lipinski definition) is 1. The number of carboxylic acids is 1. The molecule has 4 nitrogen and oxygen atoms in total. The van der Waals surface area contributed by atoms with Gasteiger partial charge in [-0.1, -0.05) is 54.1 Å². The van der Waals surface area contributed by atoms with Crippen molar-refractivity contribution >= 4 is 29.3 Å². The number of rotatable bonds is 3. The van der Waals surface area contributed by atoms with E-state index in [0.717, 1.165) is 0 Å². The van der Waals surface area contributed by atoms with E-state index >= 15 is 0 Å². The average molecular weight is 360 g/mol. The largest absolute Gasteiger partial charge is 0.477 e. The number of halogens is 2. The molecular weight excluding hydrogens is 349 g/mol. The molecule has 0 fully saturated rings. The van der Waals surface area contributed by atoms with E-state index in [1.54, 1.807) is 36.4 Å². The molecule has 0 aliphatic heterocycles. The van der Waals surface area contributed by atoms with E-state index in [0.29, 0.717) is 21.8 Å². The summed E-state index contributed by atoms with van der Waals surface area (Å²) in [7, 11) is 0. The molecule has 0 spiro atoms. The van der Waals surface area contributed by atoms with Crippen LogP contribution in [0.15, 0.2) is 65.5 Å². The van der Waals surface area contributed by atoms with E-state index in [-0.39, 0.29) is 11.3 Å². The highest BCUT2D eigenvalue weighted by Gasteiger charge is 2.22. The van der Waals surface area contributed by atoms with Crippen LogP contribution in [0.5, 0.6) is 0 Å². The van der Waals surface area contributed by atoms with Gasteiger partial charge >= 0.3 is 5.97 Å². The van der Waals surface area contributed by atoms with Gasteiger partial charge in [0.1, 0.15) is 5.56 Å². The fourth-order valence-electron chi connectivity index (χ4n) is 2.47. The Bertz CT molecular complexity index is 964. The maximum absolute atomic E-state index is 12.4. The zero-order valence-corrected chi connectivity index (χ0v) is 13.8. The summed E-state index contributed by atoms with van der Waals surface area (Å²) in [4.78, 5) is 24.0. The van der Waals surface area contributed by atoms with E-state index in [1.165, 1.54) is 10.2 Å². The summed E-state index contributed by atoms with van der Waals surface area (Å²) < 4.78 is 1.20. The monoisotopic (exact) mass is 359 g/mol. The van der Waals surface area contributed by atoms with Gasteiger partial charge in [-0.05, 0) is 17.7 Å². The zero-order chi connectivity index (χ0) is 17.3. The van der Waals surface area contributed by atoms with Crippen LogP contribution in [0, 0.1) is 0 Å². The lowest BCUT2D eigenvalue weighted by Crippen LogP contribution is -2.19. The molecule has 3 aromatic rings. The van der Waals surface area contributed by atoms with Crippen molar-refractivity contribution in [1.82, 2.24) is 4.09 Å². The van der Waals surface area contributed by atoms with Gasteiger partial charge in [-0.3, -0.25) is 8.88 Å². The number of benzene rings is 2. The third-order valence-electron chi connectivity index (χ3n) is 3.56. The van der Waals surface area contributed by atoms with Crippen molar-refractivity contribution in [1.29, 1.82) is 0 Å². The first-order valence-electron chi connectivity index (χ1n) is 7.00. The Hall–Kier alpha value is -2.56. The fraction of sp³-hybridized carbons (Fsp3) is 0. The first-order valence-corrected chi connectivity index (χ1v) is 7.71. The molecule has 1 heterocycles. The predicted molar refractivity (Wildman–Crippen MR) is 94.8 cm³/mol. The minimum Gasteiger partial charge on any atom is -0.477 e. The van der Waals surface area contributed by atoms with Crippen molar-refractivity contribution in [2.45, 2.75) is 0 Å². The van der Waals surface area contributed by atoms with Gasteiger partial charge in [0.2, 0.25) is 0 Å². The number of aromatic nitrogens is 1. The Kier molecular flexibility index (Phi) is 4.42. The molecule has 24 heavy (non-hydrogen) atoms. The lowest BCUT2D eigenvalue weighted by Gasteiger charge is -2.15. The van der Waals surface area contributed by atoms with Crippen LogP contribution in [-0.2, 0) is 0 Å². The Morgan fingerprint density at radius 3 is 2.17 bits per heavy atom. The minimum atomic E-state index is -1.33. The summed E-state index contributed by atoms with van der Waals surface area (Å²) in [5, 5.41) is 9.95. The highest BCUT2D eigenvalue weighted by atomic mass is 35.5. The molecule has 3 rings (SSSR count). The second kappa shape index (κ2) is 6.51. The van der Waals surface area contributed by atoms with Crippen molar-refractivity contribution < 1.29 is 9.90 Å². The Morgan fingerprint density at radius 1 is 0.958 bits per heavy atom. The van der Waals surface area contributed by atoms with Crippen molar-refractivity contribution in [3.05, 3.63) is 81.5 Å². The van der Waals surface area contributed by atoms with Gasteiger partial charge in [0.15, 0.2) is 5.43 Å². The molecule has 0 saturated heterocycles. The van der Waals surface area contributed by atoms with Gasteiger partial charge in [0.05, 0.1) is 11.4 Å². The molecule has 0 amide bonds. The summed E-state index contributed by atoms with van der Waals surface area (Å²) in [5.41, 5.74) is 0.734. The van der Waals surface area contributed by atoms with Gasteiger partial charge in [-0.25, -0.2) is 4.79 Å². The quantitative estimate of drug-likeness (QED) is 0.746. The number of pyridine rings is 1. The van der Waals surface area contributed by atoms with Gasteiger partial charge in [-0.15, -0.1) is 0 Å². The smallest absolute Gasteiger partial charge is 0.341 e. The van der Waals surface area contributed by atoms with Gasteiger partial charge in [0.25, 0.3) is 0 Å². The lowest BCUT2D eigenvalue weighted by molar-refractivity contribution is 0.0696. The van der Waals surface area contributed by atoms with E-state index in [2.05, 4.69) is 0 Å². The number of carboxylic acid groups (broad SMARTS) is 1. The average Bonchev–Trinajstić information content (AvgIpc) is 2.57. The first kappa shape index (κ1) is 16.3. The lowest BCUT2D eigenvalue weighted by atomic mass is 10.0. The highest BCUT2D eigenvalue weighted by molar-refractivity contribution is 6.30. The van der Waals surface area contributed by atoms with Crippen LogP contribution in [0.25, 0.3) is 22.5 Å². The summed E-state index contributed by atoms with van der Waals surface area (Å²) >= 11 is 12.3. The highest BCUT2D eigenvalue weighted by Crippen LogP contribution is 2.30. The van der Waals surface area contributed by atoms with Crippen LogP contribution in [0.4, 0.5) is 0 Å². The summed E-state index contributed by atoms with van der Waals surface area (Å²) in [5.74, 6) is -1.33. The van der Waals surface area contributed by atoms with Crippen LogP contribution < -0.4 is 5.43 Å². The fourth-order valence-corrected chi connectivity index (χ4v) is 2.92. The topological polar surface area (TPSA) is 59.3 Å². The second-order valence-electron chi connectivity index (χ2n) is 5.08. The SMILES string of the molecule is O=C(O)c1c(-c2ccc(Cl)cc2)n(Cl)c(-c2ccccc2)cc1=O. The number of carbonyl (C=O) groups is 1. The normalized spacial score (nSPS) is 10.6. The Balaban J connectivity index is 2.36. The van der Waals surface area contributed by atoms with Crippen molar-refractivity contribution in [3.8, 4) is 22.5 Å². The number of hydrogen-bond acceptors (Lipinski definition) is 2. The van der Waals surface area contributed by atoms with Crippen LogP contribution >= 0.6 is 23.4 Å². The van der Waals surface area contributed by atoms with E-state index in [4.69, 9.17) is 23.4 Å². The van der Waals surface area contributed by atoms with Gasteiger partial charge in [0, 0.05) is 28.4 Å². The Morgan fingerprint density at radius 2 is 1.58 bits per heavy atom. The molecule has 0 radical (unpaired) electrons. The predicted octanol–water partition coefficient (Wildman–Crippen LogP) is 4.54. The molecular formula is C18H11Cl2NO3. The summed E-state index contributed by atoms with van der Waals surface area (Å²) in [6, 6.07) is 16.7. The van der Waals surface area contributed by atoms with E-state index < -0.39 is 11.4 Å². The van der Waals surface area contributed by atoms with Crippen molar-refractivity contribution in [3.63, 3.8) is 0 Å². The molecule has 2 aromatic carbocycles. The van der Waals surface area contributed by atoms with Crippen LogP contribution in [-0.4, -0.2) is 15.2 Å². The molecule has 0 aliphatic rings. The zero-order valence-electron chi connectivity index (χ0n) is 12.2. The van der Waals surface area contributed by atoms with E-state index in [1.807, 2.05) is 18.2 Å². The second-order valence-corrected chi connectivity index (χ2v) is 5.85. The molecule has 0 atom stereocenters. The molecule has 0 unspecified atom stereocenters. The van der Waals surface area contributed by atoms with Crippen LogP contribution in [0.3, 0.4) is 0 Å². The third-order valence-corrected chi connectivity index (χ3v) is 4.16. The summed E-state index contributed by atoms with van der Waals surface area (Å²) in [6.07, 6.45) is 0. The van der Waals surface area contributed by atoms with Crippen LogP contribution in [0.2, 0.25) is 5.02 Å². The molecule has 6 heteroatoms. The Labute approximate surface area is 147 Å². The van der Waals surface area contributed by atoms with Gasteiger partial charge < -0.3 is 5.11 Å². The number of aromatic carboxylic acids is 1. The standard InChI is InChI=1S/C18H11Cl2NO3/c19-13-8-6-12(7-9-13)17-16(18(23)24)15(22)10-14(21(17)20)11-4-2-1-3-5-11/h1-10H,(H,23,24).